The maximum absolute atomic E-state index is 12.8. The van der Waals surface area contributed by atoms with E-state index in [-0.39, 0.29) is 6.03 Å². The zero-order valence-corrected chi connectivity index (χ0v) is 13.8. The summed E-state index contributed by atoms with van der Waals surface area (Å²) in [5, 5.41) is 3.04. The van der Waals surface area contributed by atoms with E-state index in [4.69, 9.17) is 4.42 Å². The lowest BCUT2D eigenvalue weighted by atomic mass is 10.1. The largest absolute Gasteiger partial charge is 0.444 e. The molecule has 2 aromatic rings. The van der Waals surface area contributed by atoms with E-state index >= 15 is 0 Å². The molecule has 24 heavy (non-hydrogen) atoms. The van der Waals surface area contributed by atoms with Gasteiger partial charge in [0, 0.05) is 25.2 Å². The van der Waals surface area contributed by atoms with Crippen LogP contribution in [-0.4, -0.2) is 53.0 Å². The van der Waals surface area contributed by atoms with Crippen molar-refractivity contribution in [3.05, 3.63) is 36.7 Å². The van der Waals surface area contributed by atoms with E-state index in [0.29, 0.717) is 18.0 Å². The molecule has 0 saturated carbocycles. The van der Waals surface area contributed by atoms with Gasteiger partial charge in [0.15, 0.2) is 0 Å². The number of carbonyl (C=O) groups excluding carboxylic acids is 1. The SMILES string of the molecule is CN1C2CCC1CN(C(=O)Nc1ccccc1-c1ncco1)CC2. The summed E-state index contributed by atoms with van der Waals surface area (Å²) in [5.41, 5.74) is 1.53. The number of nitrogens with zero attached hydrogens (tertiary/aromatic N) is 3. The molecule has 3 heterocycles. The number of nitrogens with one attached hydrogen (secondary N) is 1. The van der Waals surface area contributed by atoms with Gasteiger partial charge in [-0.3, -0.25) is 4.90 Å². The van der Waals surface area contributed by atoms with E-state index in [1.807, 2.05) is 29.2 Å². The number of para-hydroxylation sites is 1. The van der Waals surface area contributed by atoms with Gasteiger partial charge in [-0.25, -0.2) is 9.78 Å². The average molecular weight is 326 g/mol. The van der Waals surface area contributed by atoms with Crippen LogP contribution >= 0.6 is 0 Å². The average Bonchev–Trinajstić information content (AvgIpc) is 3.17. The molecule has 0 radical (unpaired) electrons. The van der Waals surface area contributed by atoms with Crippen molar-refractivity contribution in [2.75, 3.05) is 25.5 Å². The first-order valence-electron chi connectivity index (χ1n) is 8.49. The normalized spacial score (nSPS) is 24.0. The van der Waals surface area contributed by atoms with Crippen LogP contribution in [0.2, 0.25) is 0 Å². The highest BCUT2D eigenvalue weighted by molar-refractivity contribution is 5.93. The summed E-state index contributed by atoms with van der Waals surface area (Å²) >= 11 is 0. The molecule has 2 bridgehead atoms. The number of amides is 2. The lowest BCUT2D eigenvalue weighted by molar-refractivity contribution is 0.200. The highest BCUT2D eigenvalue weighted by Gasteiger charge is 2.36. The fourth-order valence-electron chi connectivity index (χ4n) is 3.82. The minimum atomic E-state index is -0.0463. The maximum atomic E-state index is 12.8. The molecule has 1 aromatic heterocycles. The number of likely N-dealkylation sites (tertiary alicyclic amines) is 1. The van der Waals surface area contributed by atoms with Gasteiger partial charge >= 0.3 is 6.03 Å². The van der Waals surface area contributed by atoms with Crippen LogP contribution in [-0.2, 0) is 0 Å². The summed E-state index contributed by atoms with van der Waals surface area (Å²) in [5.74, 6) is 0.514. The van der Waals surface area contributed by atoms with Crippen LogP contribution in [0, 0.1) is 0 Å². The standard InChI is InChI=1S/C18H22N4O2/c1-21-13-6-7-14(21)12-22(10-8-13)18(23)20-16-5-3-2-4-15(16)17-19-9-11-24-17/h2-5,9,11,13-14H,6-8,10,12H2,1H3,(H,20,23). The summed E-state index contributed by atoms with van der Waals surface area (Å²) in [6, 6.07) is 8.65. The topological polar surface area (TPSA) is 61.6 Å². The Morgan fingerprint density at radius 1 is 1.25 bits per heavy atom. The molecule has 0 aliphatic carbocycles. The predicted molar refractivity (Wildman–Crippen MR) is 91.7 cm³/mol. The lowest BCUT2D eigenvalue weighted by Crippen LogP contribution is -2.41. The molecule has 2 saturated heterocycles. The number of oxazole rings is 1. The number of fused-ring (bicyclic) bond motifs is 2. The van der Waals surface area contributed by atoms with Crippen LogP contribution in [0.15, 0.2) is 41.1 Å². The molecule has 126 valence electrons. The van der Waals surface area contributed by atoms with E-state index in [0.717, 1.165) is 30.8 Å². The molecular weight excluding hydrogens is 304 g/mol. The Bertz CT molecular complexity index is 716. The highest BCUT2D eigenvalue weighted by atomic mass is 16.3. The first-order chi connectivity index (χ1) is 11.7. The smallest absolute Gasteiger partial charge is 0.321 e. The van der Waals surface area contributed by atoms with Gasteiger partial charge < -0.3 is 14.6 Å². The summed E-state index contributed by atoms with van der Waals surface area (Å²) in [6.07, 6.45) is 6.62. The third kappa shape index (κ3) is 2.78. The van der Waals surface area contributed by atoms with E-state index in [9.17, 15) is 4.79 Å². The zero-order valence-electron chi connectivity index (χ0n) is 13.8. The summed E-state index contributed by atoms with van der Waals surface area (Å²) < 4.78 is 5.38. The minimum Gasteiger partial charge on any atom is -0.444 e. The van der Waals surface area contributed by atoms with Crippen molar-refractivity contribution in [2.45, 2.75) is 31.3 Å². The summed E-state index contributed by atoms with van der Waals surface area (Å²) in [6.45, 7) is 1.60. The predicted octanol–water partition coefficient (Wildman–Crippen LogP) is 3.04. The quantitative estimate of drug-likeness (QED) is 0.921. The Labute approximate surface area is 141 Å². The Morgan fingerprint density at radius 2 is 2.08 bits per heavy atom. The molecule has 6 heteroatoms. The van der Waals surface area contributed by atoms with Crippen LogP contribution in [0.5, 0.6) is 0 Å². The molecule has 0 spiro atoms. The molecule has 2 aliphatic heterocycles. The molecule has 2 aliphatic rings. The van der Waals surface area contributed by atoms with Crippen molar-refractivity contribution in [2.24, 2.45) is 0 Å². The highest BCUT2D eigenvalue weighted by Crippen LogP contribution is 2.30. The van der Waals surface area contributed by atoms with Gasteiger partial charge in [0.25, 0.3) is 0 Å². The molecular formula is C18H22N4O2. The van der Waals surface area contributed by atoms with Crippen LogP contribution in [0.1, 0.15) is 19.3 Å². The maximum Gasteiger partial charge on any atom is 0.321 e. The number of urea groups is 1. The van der Waals surface area contributed by atoms with E-state index in [1.54, 1.807) is 6.20 Å². The third-order valence-corrected chi connectivity index (χ3v) is 5.27. The van der Waals surface area contributed by atoms with E-state index in [1.165, 1.54) is 19.1 Å². The number of anilines is 1. The number of benzene rings is 1. The van der Waals surface area contributed by atoms with Gasteiger partial charge in [0.2, 0.25) is 5.89 Å². The van der Waals surface area contributed by atoms with Crippen molar-refractivity contribution < 1.29 is 9.21 Å². The first kappa shape index (κ1) is 15.2. The summed E-state index contributed by atoms with van der Waals surface area (Å²) in [4.78, 5) is 21.3. The van der Waals surface area contributed by atoms with Gasteiger partial charge in [-0.2, -0.15) is 0 Å². The number of hydrogen-bond acceptors (Lipinski definition) is 4. The Morgan fingerprint density at radius 3 is 2.92 bits per heavy atom. The zero-order chi connectivity index (χ0) is 16.5. The van der Waals surface area contributed by atoms with Crippen molar-refractivity contribution in [1.82, 2.24) is 14.8 Å². The van der Waals surface area contributed by atoms with Gasteiger partial charge in [-0.15, -0.1) is 0 Å². The molecule has 6 nitrogen and oxygen atoms in total. The van der Waals surface area contributed by atoms with Crippen molar-refractivity contribution in [3.63, 3.8) is 0 Å². The Kier molecular flexibility index (Phi) is 3.98. The fourth-order valence-corrected chi connectivity index (χ4v) is 3.82. The summed E-state index contributed by atoms with van der Waals surface area (Å²) in [7, 11) is 2.18. The number of rotatable bonds is 2. The second-order valence-electron chi connectivity index (χ2n) is 6.60. The molecule has 2 fully saturated rings. The number of carbonyl (C=O) groups is 1. The van der Waals surface area contributed by atoms with Gasteiger partial charge in [-0.05, 0) is 38.4 Å². The van der Waals surface area contributed by atoms with Crippen molar-refractivity contribution >= 4 is 11.7 Å². The van der Waals surface area contributed by atoms with Crippen LogP contribution in [0.3, 0.4) is 0 Å². The molecule has 2 atom stereocenters. The molecule has 2 amide bonds. The van der Waals surface area contributed by atoms with Gasteiger partial charge in [0.1, 0.15) is 6.26 Å². The monoisotopic (exact) mass is 326 g/mol. The van der Waals surface area contributed by atoms with Crippen molar-refractivity contribution in [1.29, 1.82) is 0 Å². The van der Waals surface area contributed by atoms with Crippen LogP contribution in [0.4, 0.5) is 10.5 Å². The second-order valence-corrected chi connectivity index (χ2v) is 6.60. The van der Waals surface area contributed by atoms with Gasteiger partial charge in [0.05, 0.1) is 17.4 Å². The Balaban J connectivity index is 1.51. The van der Waals surface area contributed by atoms with Gasteiger partial charge in [-0.1, -0.05) is 12.1 Å². The minimum absolute atomic E-state index is 0.0463. The van der Waals surface area contributed by atoms with E-state index in [2.05, 4.69) is 22.2 Å². The van der Waals surface area contributed by atoms with Crippen molar-refractivity contribution in [3.8, 4) is 11.5 Å². The third-order valence-electron chi connectivity index (χ3n) is 5.27. The fraction of sp³-hybridized carbons (Fsp3) is 0.444. The number of aromatic nitrogens is 1. The number of likely N-dealkylation sites (N-methyl/N-ethyl adjacent to an activating group) is 1. The molecule has 1 N–H and O–H groups in total. The molecule has 1 aromatic carbocycles. The van der Waals surface area contributed by atoms with Crippen LogP contribution < -0.4 is 5.32 Å². The van der Waals surface area contributed by atoms with Crippen LogP contribution in [0.25, 0.3) is 11.5 Å². The number of hydrogen-bond donors (Lipinski definition) is 1. The molecule has 4 rings (SSSR count). The lowest BCUT2D eigenvalue weighted by Gasteiger charge is -2.26. The molecule has 2 unspecified atom stereocenters. The first-order valence-corrected chi connectivity index (χ1v) is 8.49. The Hall–Kier alpha value is -2.34. The second kappa shape index (κ2) is 6.28. The van der Waals surface area contributed by atoms with E-state index < -0.39 is 0 Å².